The fraction of sp³-hybridized carbons (Fsp3) is 0.364. The van der Waals surface area contributed by atoms with Gasteiger partial charge in [0.2, 0.25) is 0 Å². The van der Waals surface area contributed by atoms with E-state index in [-0.39, 0.29) is 6.04 Å². The molecule has 4 nitrogen and oxygen atoms in total. The predicted octanol–water partition coefficient (Wildman–Crippen LogP) is 1.70. The average molecular weight is 286 g/mol. The minimum atomic E-state index is -0.450. The average Bonchev–Trinajstić information content (AvgIpc) is 2.26. The quantitative estimate of drug-likeness (QED) is 0.770. The SMILES string of the molecule is CCC(N)CNc1ccc(Br)cc1C(N)=O. The van der Waals surface area contributed by atoms with Crippen molar-refractivity contribution in [2.24, 2.45) is 11.5 Å². The third-order valence-electron chi connectivity index (χ3n) is 2.33. The summed E-state index contributed by atoms with van der Waals surface area (Å²) in [4.78, 5) is 11.2. The van der Waals surface area contributed by atoms with Gasteiger partial charge in [-0.25, -0.2) is 0 Å². The molecule has 1 atom stereocenters. The van der Waals surface area contributed by atoms with E-state index in [1.165, 1.54) is 0 Å². The molecule has 5 heteroatoms. The van der Waals surface area contributed by atoms with Gasteiger partial charge < -0.3 is 16.8 Å². The first-order valence-corrected chi connectivity index (χ1v) is 5.92. The van der Waals surface area contributed by atoms with Gasteiger partial charge in [0, 0.05) is 22.7 Å². The lowest BCUT2D eigenvalue weighted by molar-refractivity contribution is 0.100. The van der Waals surface area contributed by atoms with Crippen LogP contribution in [0.4, 0.5) is 5.69 Å². The molecule has 0 saturated heterocycles. The van der Waals surface area contributed by atoms with Gasteiger partial charge in [0.25, 0.3) is 5.91 Å². The fourth-order valence-corrected chi connectivity index (χ4v) is 1.62. The first kappa shape index (κ1) is 13.0. The van der Waals surface area contributed by atoms with Gasteiger partial charge in [0.15, 0.2) is 0 Å². The minimum absolute atomic E-state index is 0.0735. The molecule has 0 aliphatic rings. The summed E-state index contributed by atoms with van der Waals surface area (Å²) in [5.74, 6) is -0.450. The Morgan fingerprint density at radius 2 is 2.25 bits per heavy atom. The highest BCUT2D eigenvalue weighted by Crippen LogP contribution is 2.20. The monoisotopic (exact) mass is 285 g/mol. The number of benzene rings is 1. The number of carbonyl (C=O) groups is 1. The summed E-state index contributed by atoms with van der Waals surface area (Å²) >= 11 is 3.30. The van der Waals surface area contributed by atoms with Crippen molar-refractivity contribution in [2.75, 3.05) is 11.9 Å². The van der Waals surface area contributed by atoms with Gasteiger partial charge in [0.1, 0.15) is 0 Å². The second-order valence-electron chi connectivity index (χ2n) is 3.60. The van der Waals surface area contributed by atoms with Gasteiger partial charge in [0.05, 0.1) is 5.56 Å². The van der Waals surface area contributed by atoms with Crippen LogP contribution in [-0.4, -0.2) is 18.5 Å². The maximum atomic E-state index is 11.2. The smallest absolute Gasteiger partial charge is 0.250 e. The Balaban J connectivity index is 2.82. The van der Waals surface area contributed by atoms with Gasteiger partial charge in [-0.2, -0.15) is 0 Å². The van der Waals surface area contributed by atoms with Crippen molar-refractivity contribution >= 4 is 27.5 Å². The van der Waals surface area contributed by atoms with Crippen molar-refractivity contribution in [3.63, 3.8) is 0 Å². The lowest BCUT2D eigenvalue weighted by Gasteiger charge is -2.13. The second-order valence-corrected chi connectivity index (χ2v) is 4.52. The maximum absolute atomic E-state index is 11.2. The summed E-state index contributed by atoms with van der Waals surface area (Å²) in [6.45, 7) is 2.64. The number of anilines is 1. The molecule has 1 aromatic carbocycles. The zero-order valence-electron chi connectivity index (χ0n) is 9.16. The number of amides is 1. The molecule has 1 aromatic rings. The topological polar surface area (TPSA) is 81.1 Å². The van der Waals surface area contributed by atoms with E-state index >= 15 is 0 Å². The van der Waals surface area contributed by atoms with Crippen LogP contribution in [0.15, 0.2) is 22.7 Å². The Bertz CT molecular complexity index is 381. The predicted molar refractivity (Wildman–Crippen MR) is 69.4 cm³/mol. The summed E-state index contributed by atoms with van der Waals surface area (Å²) in [6, 6.07) is 5.44. The van der Waals surface area contributed by atoms with Crippen LogP contribution in [-0.2, 0) is 0 Å². The molecule has 1 rings (SSSR count). The molecule has 0 aliphatic carbocycles. The minimum Gasteiger partial charge on any atom is -0.383 e. The molecule has 5 N–H and O–H groups in total. The highest BCUT2D eigenvalue weighted by molar-refractivity contribution is 9.10. The molecule has 88 valence electrons. The van der Waals surface area contributed by atoms with E-state index in [0.717, 1.165) is 16.6 Å². The Hall–Kier alpha value is -1.07. The number of halogens is 1. The standard InChI is InChI=1S/C11H16BrN3O/c1-2-8(13)6-15-10-4-3-7(12)5-9(10)11(14)16/h3-5,8,15H,2,6,13H2,1H3,(H2,14,16). The van der Waals surface area contributed by atoms with Crippen molar-refractivity contribution < 1.29 is 4.79 Å². The number of primary amides is 1. The summed E-state index contributed by atoms with van der Waals surface area (Å²) in [7, 11) is 0. The number of nitrogens with two attached hydrogens (primary N) is 2. The number of carbonyl (C=O) groups excluding carboxylic acids is 1. The first-order valence-electron chi connectivity index (χ1n) is 5.13. The Morgan fingerprint density at radius 3 is 2.81 bits per heavy atom. The van der Waals surface area contributed by atoms with Crippen LogP contribution in [0.3, 0.4) is 0 Å². The van der Waals surface area contributed by atoms with Crippen LogP contribution < -0.4 is 16.8 Å². The van der Waals surface area contributed by atoms with Crippen LogP contribution in [0.2, 0.25) is 0 Å². The van der Waals surface area contributed by atoms with Gasteiger partial charge in [-0.15, -0.1) is 0 Å². The zero-order valence-corrected chi connectivity index (χ0v) is 10.8. The molecule has 0 bridgehead atoms. The van der Waals surface area contributed by atoms with Crippen molar-refractivity contribution in [3.05, 3.63) is 28.2 Å². The normalized spacial score (nSPS) is 12.2. The van der Waals surface area contributed by atoms with E-state index in [1.54, 1.807) is 6.07 Å². The summed E-state index contributed by atoms with van der Waals surface area (Å²) < 4.78 is 0.826. The van der Waals surface area contributed by atoms with Crippen molar-refractivity contribution in [3.8, 4) is 0 Å². The lowest BCUT2D eigenvalue weighted by Crippen LogP contribution is -2.28. The Kier molecular flexibility index (Phi) is 4.76. The number of rotatable bonds is 5. The molecule has 0 radical (unpaired) electrons. The Labute approximate surface area is 104 Å². The van der Waals surface area contributed by atoms with Gasteiger partial charge in [-0.3, -0.25) is 4.79 Å². The summed E-state index contributed by atoms with van der Waals surface area (Å²) in [5.41, 5.74) is 12.3. The summed E-state index contributed by atoms with van der Waals surface area (Å²) in [5, 5.41) is 3.13. The fourth-order valence-electron chi connectivity index (χ4n) is 1.26. The van der Waals surface area contributed by atoms with Crippen molar-refractivity contribution in [1.82, 2.24) is 0 Å². The third-order valence-corrected chi connectivity index (χ3v) is 2.82. The third kappa shape index (κ3) is 3.50. The molecule has 16 heavy (non-hydrogen) atoms. The molecule has 0 spiro atoms. The largest absolute Gasteiger partial charge is 0.383 e. The molecule has 1 unspecified atom stereocenters. The highest BCUT2D eigenvalue weighted by Gasteiger charge is 2.09. The van der Waals surface area contributed by atoms with Crippen molar-refractivity contribution in [1.29, 1.82) is 0 Å². The first-order chi connectivity index (χ1) is 7.54. The van der Waals surface area contributed by atoms with E-state index in [1.807, 2.05) is 19.1 Å². The zero-order chi connectivity index (χ0) is 12.1. The maximum Gasteiger partial charge on any atom is 0.250 e. The van der Waals surface area contributed by atoms with Crippen LogP contribution in [0, 0.1) is 0 Å². The molecule has 0 aliphatic heterocycles. The number of nitrogens with one attached hydrogen (secondary N) is 1. The highest BCUT2D eigenvalue weighted by atomic mass is 79.9. The number of hydrogen-bond donors (Lipinski definition) is 3. The van der Waals surface area contributed by atoms with Crippen LogP contribution in [0.5, 0.6) is 0 Å². The van der Waals surface area contributed by atoms with Crippen LogP contribution in [0.1, 0.15) is 23.7 Å². The molecule has 0 heterocycles. The second kappa shape index (κ2) is 5.86. The lowest BCUT2D eigenvalue weighted by atomic mass is 10.1. The van der Waals surface area contributed by atoms with Gasteiger partial charge in [-0.05, 0) is 24.6 Å². The van der Waals surface area contributed by atoms with E-state index < -0.39 is 5.91 Å². The van der Waals surface area contributed by atoms with Crippen LogP contribution >= 0.6 is 15.9 Å². The van der Waals surface area contributed by atoms with E-state index in [4.69, 9.17) is 11.5 Å². The van der Waals surface area contributed by atoms with E-state index in [2.05, 4.69) is 21.2 Å². The number of hydrogen-bond acceptors (Lipinski definition) is 3. The molecule has 0 saturated carbocycles. The van der Waals surface area contributed by atoms with Crippen LogP contribution in [0.25, 0.3) is 0 Å². The summed E-state index contributed by atoms with van der Waals surface area (Å²) in [6.07, 6.45) is 0.884. The molecule has 0 fully saturated rings. The van der Waals surface area contributed by atoms with Gasteiger partial charge in [-0.1, -0.05) is 22.9 Å². The Morgan fingerprint density at radius 1 is 1.56 bits per heavy atom. The molecular weight excluding hydrogens is 270 g/mol. The van der Waals surface area contributed by atoms with E-state index in [9.17, 15) is 4.79 Å². The van der Waals surface area contributed by atoms with Gasteiger partial charge >= 0.3 is 0 Å². The molecule has 0 aromatic heterocycles. The van der Waals surface area contributed by atoms with Crippen molar-refractivity contribution in [2.45, 2.75) is 19.4 Å². The molecule has 1 amide bonds. The van der Waals surface area contributed by atoms with E-state index in [0.29, 0.717) is 12.1 Å². The molecular formula is C11H16BrN3O.